The van der Waals surface area contributed by atoms with E-state index in [9.17, 15) is 9.90 Å². The summed E-state index contributed by atoms with van der Waals surface area (Å²) in [4.78, 5) is 16.6. The molecule has 1 fully saturated rings. The Balaban J connectivity index is 1.36. The lowest BCUT2D eigenvalue weighted by atomic mass is 10.1. The van der Waals surface area contributed by atoms with E-state index < -0.39 is 0 Å². The van der Waals surface area contributed by atoms with Gasteiger partial charge in [-0.3, -0.25) is 4.79 Å². The molecule has 0 unspecified atom stereocenters. The number of hydrogen-bond donors (Lipinski definition) is 1. The Morgan fingerprint density at radius 2 is 1.96 bits per heavy atom. The van der Waals surface area contributed by atoms with E-state index in [2.05, 4.69) is 20.2 Å². The van der Waals surface area contributed by atoms with E-state index in [4.69, 9.17) is 11.6 Å². The van der Waals surface area contributed by atoms with Gasteiger partial charge in [-0.15, -0.1) is 15.3 Å². The summed E-state index contributed by atoms with van der Waals surface area (Å²) in [5.74, 6) is 0.922. The number of benzene rings is 1. The molecule has 0 atom stereocenters. The molecular weight excluding hydrogens is 368 g/mol. The van der Waals surface area contributed by atoms with E-state index in [1.54, 1.807) is 23.0 Å². The molecule has 0 aliphatic carbocycles. The molecule has 1 aliphatic heterocycles. The Morgan fingerprint density at radius 1 is 1.15 bits per heavy atom. The molecular formula is C18H19ClN6O2. The summed E-state index contributed by atoms with van der Waals surface area (Å²) >= 11 is 6.11. The minimum Gasteiger partial charge on any atom is -0.392 e. The summed E-state index contributed by atoms with van der Waals surface area (Å²) in [5, 5.41) is 22.0. The van der Waals surface area contributed by atoms with Crippen LogP contribution in [0.3, 0.4) is 0 Å². The number of rotatable bonds is 4. The van der Waals surface area contributed by atoms with Crippen LogP contribution in [0.2, 0.25) is 5.02 Å². The van der Waals surface area contributed by atoms with Crippen LogP contribution in [-0.2, 0) is 17.8 Å². The summed E-state index contributed by atoms with van der Waals surface area (Å²) in [6, 6.07) is 9.15. The number of carbonyl (C=O) groups excluding carboxylic acids is 1. The lowest BCUT2D eigenvalue weighted by molar-refractivity contribution is -0.130. The minimum atomic E-state index is -0.107. The molecule has 3 aromatic rings. The largest absolute Gasteiger partial charge is 0.392 e. The van der Waals surface area contributed by atoms with Crippen LogP contribution < -0.4 is 4.90 Å². The number of hydrogen-bond acceptors (Lipinski definition) is 6. The molecule has 0 radical (unpaired) electrons. The fraction of sp³-hybridized carbons (Fsp3) is 0.333. The van der Waals surface area contributed by atoms with Crippen LogP contribution in [0.15, 0.2) is 36.7 Å². The van der Waals surface area contributed by atoms with Crippen LogP contribution in [0.1, 0.15) is 11.1 Å². The maximum absolute atomic E-state index is 12.6. The number of carbonyl (C=O) groups is 1. The van der Waals surface area contributed by atoms with E-state index in [0.717, 1.165) is 24.5 Å². The van der Waals surface area contributed by atoms with Crippen LogP contribution in [0, 0.1) is 0 Å². The maximum Gasteiger partial charge on any atom is 0.227 e. The van der Waals surface area contributed by atoms with Crippen LogP contribution in [0.5, 0.6) is 0 Å². The number of nitrogens with zero attached hydrogens (tertiary/aromatic N) is 6. The molecule has 2 aromatic heterocycles. The fourth-order valence-electron chi connectivity index (χ4n) is 3.19. The third-order valence-electron chi connectivity index (χ3n) is 4.75. The average molecular weight is 387 g/mol. The third kappa shape index (κ3) is 3.72. The Labute approximate surface area is 161 Å². The predicted octanol–water partition coefficient (Wildman–Crippen LogP) is 1.16. The first kappa shape index (κ1) is 17.7. The quantitative estimate of drug-likeness (QED) is 0.724. The van der Waals surface area contributed by atoms with E-state index >= 15 is 0 Å². The van der Waals surface area contributed by atoms with E-state index in [0.29, 0.717) is 35.7 Å². The van der Waals surface area contributed by atoms with Gasteiger partial charge in [-0.2, -0.15) is 4.52 Å². The molecule has 9 heteroatoms. The molecule has 140 valence electrons. The highest BCUT2D eigenvalue weighted by Crippen LogP contribution is 2.19. The molecule has 1 saturated heterocycles. The fourth-order valence-corrected chi connectivity index (χ4v) is 3.45. The van der Waals surface area contributed by atoms with Crippen molar-refractivity contribution in [1.82, 2.24) is 24.7 Å². The Hall–Kier alpha value is -2.71. The van der Waals surface area contributed by atoms with E-state index in [1.165, 1.54) is 0 Å². The van der Waals surface area contributed by atoms with Gasteiger partial charge < -0.3 is 14.9 Å². The van der Waals surface area contributed by atoms with Crippen LogP contribution in [0.4, 0.5) is 5.82 Å². The standard InChI is InChI=1S/C18H19ClN6O2/c19-15-9-13(1-2-14(15)11-26)10-18(27)24-7-5-23(6-8-24)17-4-3-16-21-20-12-25(16)22-17/h1-4,9,12,26H,5-8,10-11H2. The first-order valence-corrected chi connectivity index (χ1v) is 9.10. The second-order valence-corrected chi connectivity index (χ2v) is 6.86. The summed E-state index contributed by atoms with van der Waals surface area (Å²) < 4.78 is 1.65. The van der Waals surface area contributed by atoms with Crippen molar-refractivity contribution in [2.45, 2.75) is 13.0 Å². The van der Waals surface area contributed by atoms with Crippen molar-refractivity contribution in [3.05, 3.63) is 52.8 Å². The van der Waals surface area contributed by atoms with Gasteiger partial charge in [0, 0.05) is 31.2 Å². The highest BCUT2D eigenvalue weighted by molar-refractivity contribution is 6.31. The smallest absolute Gasteiger partial charge is 0.227 e. The molecule has 3 heterocycles. The predicted molar refractivity (Wildman–Crippen MR) is 101 cm³/mol. The van der Waals surface area contributed by atoms with Crippen LogP contribution in [0.25, 0.3) is 5.65 Å². The summed E-state index contributed by atoms with van der Waals surface area (Å²) in [7, 11) is 0. The van der Waals surface area contributed by atoms with Gasteiger partial charge >= 0.3 is 0 Å². The van der Waals surface area contributed by atoms with Crippen molar-refractivity contribution >= 4 is 29.0 Å². The number of fused-ring (bicyclic) bond motifs is 1. The number of aliphatic hydroxyl groups is 1. The number of amides is 1. The van der Waals surface area contributed by atoms with Crippen molar-refractivity contribution in [3.8, 4) is 0 Å². The second-order valence-electron chi connectivity index (χ2n) is 6.45. The molecule has 1 N–H and O–H groups in total. The van der Waals surface area contributed by atoms with Crippen molar-refractivity contribution in [3.63, 3.8) is 0 Å². The zero-order chi connectivity index (χ0) is 18.8. The molecule has 27 heavy (non-hydrogen) atoms. The number of anilines is 1. The van der Waals surface area contributed by atoms with Crippen molar-refractivity contribution in [1.29, 1.82) is 0 Å². The van der Waals surface area contributed by atoms with Gasteiger partial charge in [-0.1, -0.05) is 23.7 Å². The minimum absolute atomic E-state index is 0.0738. The first-order chi connectivity index (χ1) is 13.1. The first-order valence-electron chi connectivity index (χ1n) is 8.72. The molecule has 0 saturated carbocycles. The van der Waals surface area contributed by atoms with Gasteiger partial charge in [0.05, 0.1) is 13.0 Å². The van der Waals surface area contributed by atoms with Crippen molar-refractivity contribution in [2.24, 2.45) is 0 Å². The molecule has 1 aromatic carbocycles. The van der Waals surface area contributed by atoms with Gasteiger partial charge in [-0.05, 0) is 29.3 Å². The Kier molecular flexibility index (Phi) is 4.91. The highest BCUT2D eigenvalue weighted by Gasteiger charge is 2.22. The Bertz CT molecular complexity index is 967. The molecule has 0 spiro atoms. The lowest BCUT2D eigenvalue weighted by Gasteiger charge is -2.35. The molecule has 4 rings (SSSR count). The van der Waals surface area contributed by atoms with Gasteiger partial charge in [-0.25, -0.2) is 0 Å². The summed E-state index contributed by atoms with van der Waals surface area (Å²) in [6.45, 7) is 2.61. The number of piperazine rings is 1. The Morgan fingerprint density at radius 3 is 2.70 bits per heavy atom. The monoisotopic (exact) mass is 386 g/mol. The highest BCUT2D eigenvalue weighted by atomic mass is 35.5. The van der Waals surface area contributed by atoms with Gasteiger partial charge in [0.1, 0.15) is 12.1 Å². The molecule has 1 aliphatic rings. The molecule has 1 amide bonds. The summed E-state index contributed by atoms with van der Waals surface area (Å²) in [6.07, 6.45) is 1.88. The second kappa shape index (κ2) is 7.50. The molecule has 0 bridgehead atoms. The number of aliphatic hydroxyl groups excluding tert-OH is 1. The van der Waals surface area contributed by atoms with Gasteiger partial charge in [0.15, 0.2) is 5.65 Å². The van der Waals surface area contributed by atoms with Crippen LogP contribution >= 0.6 is 11.6 Å². The maximum atomic E-state index is 12.6. The third-order valence-corrected chi connectivity index (χ3v) is 5.10. The van der Waals surface area contributed by atoms with E-state index in [-0.39, 0.29) is 12.5 Å². The van der Waals surface area contributed by atoms with E-state index in [1.807, 2.05) is 23.1 Å². The van der Waals surface area contributed by atoms with Gasteiger partial charge in [0.2, 0.25) is 5.91 Å². The van der Waals surface area contributed by atoms with Crippen molar-refractivity contribution in [2.75, 3.05) is 31.1 Å². The zero-order valence-corrected chi connectivity index (χ0v) is 15.4. The zero-order valence-electron chi connectivity index (χ0n) is 14.6. The van der Waals surface area contributed by atoms with Gasteiger partial charge in [0.25, 0.3) is 0 Å². The topological polar surface area (TPSA) is 86.9 Å². The van der Waals surface area contributed by atoms with Crippen LogP contribution in [-0.4, -0.2) is 61.9 Å². The SMILES string of the molecule is O=C(Cc1ccc(CO)c(Cl)c1)N1CCN(c2ccc3nncn3n2)CC1. The molecule has 8 nitrogen and oxygen atoms in total. The number of halogens is 1. The number of aromatic nitrogens is 4. The summed E-state index contributed by atoms with van der Waals surface area (Å²) in [5.41, 5.74) is 2.22. The van der Waals surface area contributed by atoms with Crippen molar-refractivity contribution < 1.29 is 9.90 Å². The average Bonchev–Trinajstić information content (AvgIpc) is 3.16. The lowest BCUT2D eigenvalue weighted by Crippen LogP contribution is -2.49. The normalized spacial score (nSPS) is 14.7.